The molecule has 8 nitrogen and oxygen atoms in total. The zero-order valence-corrected chi connectivity index (χ0v) is 11.5. The Bertz CT molecular complexity index is 787. The summed E-state index contributed by atoms with van der Waals surface area (Å²) in [7, 11) is 1.41. The van der Waals surface area contributed by atoms with Crippen LogP contribution in [0.1, 0.15) is 10.5 Å². The van der Waals surface area contributed by atoms with Gasteiger partial charge in [0.05, 0.1) is 4.92 Å². The van der Waals surface area contributed by atoms with Crippen LogP contribution in [0.4, 0.5) is 11.4 Å². The van der Waals surface area contributed by atoms with E-state index in [0.717, 1.165) is 10.7 Å². The van der Waals surface area contributed by atoms with E-state index in [1.165, 1.54) is 31.3 Å². The number of anilines is 1. The third-order valence-corrected chi connectivity index (χ3v) is 2.91. The average Bonchev–Trinajstić information content (AvgIpc) is 2.43. The van der Waals surface area contributed by atoms with Crippen molar-refractivity contribution in [1.82, 2.24) is 9.78 Å². The summed E-state index contributed by atoms with van der Waals surface area (Å²) in [6.07, 6.45) is 0. The summed E-state index contributed by atoms with van der Waals surface area (Å²) in [4.78, 5) is 33.3. The minimum absolute atomic E-state index is 0.00898. The Morgan fingerprint density at radius 3 is 2.71 bits per heavy atom. The minimum atomic E-state index is -0.650. The van der Waals surface area contributed by atoms with Gasteiger partial charge in [-0.25, -0.2) is 4.68 Å². The van der Waals surface area contributed by atoms with Gasteiger partial charge in [0.15, 0.2) is 0 Å². The molecule has 0 fully saturated rings. The number of hydrogen-bond donors (Lipinski definition) is 1. The van der Waals surface area contributed by atoms with Crippen LogP contribution >= 0.6 is 11.6 Å². The lowest BCUT2D eigenvalue weighted by atomic mass is 10.2. The van der Waals surface area contributed by atoms with Gasteiger partial charge in [-0.1, -0.05) is 11.6 Å². The van der Waals surface area contributed by atoms with Gasteiger partial charge in [0.2, 0.25) is 0 Å². The Morgan fingerprint density at radius 1 is 1.38 bits per heavy atom. The molecule has 1 amide bonds. The third kappa shape index (κ3) is 3.23. The minimum Gasteiger partial charge on any atom is -0.320 e. The molecule has 0 bridgehead atoms. The molecular weight excluding hydrogens is 300 g/mol. The van der Waals surface area contributed by atoms with Crippen LogP contribution in [-0.4, -0.2) is 20.6 Å². The molecule has 0 aliphatic heterocycles. The average molecular weight is 309 g/mol. The van der Waals surface area contributed by atoms with Gasteiger partial charge < -0.3 is 5.32 Å². The second-order valence-electron chi connectivity index (χ2n) is 4.06. The van der Waals surface area contributed by atoms with Gasteiger partial charge in [-0.05, 0) is 18.2 Å². The first-order valence-electron chi connectivity index (χ1n) is 5.68. The maximum Gasteiger partial charge on any atom is 0.289 e. The van der Waals surface area contributed by atoms with Gasteiger partial charge in [0, 0.05) is 24.9 Å². The van der Waals surface area contributed by atoms with Crippen molar-refractivity contribution in [3.8, 4) is 0 Å². The van der Waals surface area contributed by atoms with Gasteiger partial charge in [0.1, 0.15) is 10.7 Å². The Kier molecular flexibility index (Phi) is 3.99. The highest BCUT2D eigenvalue weighted by Crippen LogP contribution is 2.27. The van der Waals surface area contributed by atoms with Crippen molar-refractivity contribution < 1.29 is 9.72 Å². The molecule has 0 saturated carbocycles. The summed E-state index contributed by atoms with van der Waals surface area (Å²) in [5.41, 5.74) is -0.460. The number of halogens is 1. The fourth-order valence-electron chi connectivity index (χ4n) is 1.55. The molecule has 0 unspecified atom stereocenters. The lowest BCUT2D eigenvalue weighted by molar-refractivity contribution is -0.384. The Hall–Kier alpha value is -2.74. The Morgan fingerprint density at radius 2 is 2.10 bits per heavy atom. The van der Waals surface area contributed by atoms with Crippen LogP contribution in [-0.2, 0) is 7.05 Å². The number of nitro benzene ring substituents is 1. The highest BCUT2D eigenvalue weighted by atomic mass is 35.5. The molecule has 0 radical (unpaired) electrons. The molecule has 0 aliphatic carbocycles. The fourth-order valence-corrected chi connectivity index (χ4v) is 1.74. The molecule has 0 aliphatic rings. The van der Waals surface area contributed by atoms with Crippen molar-refractivity contribution in [1.29, 1.82) is 0 Å². The largest absolute Gasteiger partial charge is 0.320 e. The summed E-state index contributed by atoms with van der Waals surface area (Å²) >= 11 is 5.68. The van der Waals surface area contributed by atoms with E-state index in [9.17, 15) is 19.7 Å². The smallest absolute Gasteiger partial charge is 0.289 e. The van der Waals surface area contributed by atoms with Crippen molar-refractivity contribution in [2.45, 2.75) is 0 Å². The number of nitro groups is 1. The maximum absolute atomic E-state index is 12.0. The number of benzene rings is 1. The van der Waals surface area contributed by atoms with Crippen LogP contribution in [0.25, 0.3) is 0 Å². The predicted molar refractivity (Wildman–Crippen MR) is 75.5 cm³/mol. The third-order valence-electron chi connectivity index (χ3n) is 2.59. The number of amides is 1. The second-order valence-corrected chi connectivity index (χ2v) is 4.47. The van der Waals surface area contributed by atoms with Gasteiger partial charge in [-0.15, -0.1) is 0 Å². The lowest BCUT2D eigenvalue weighted by Gasteiger charge is -2.06. The summed E-state index contributed by atoms with van der Waals surface area (Å²) in [6.45, 7) is 0. The Labute approximate surface area is 123 Å². The molecule has 0 atom stereocenters. The molecule has 2 aromatic rings. The topological polar surface area (TPSA) is 107 Å². The molecule has 0 spiro atoms. The van der Waals surface area contributed by atoms with E-state index in [1.807, 2.05) is 0 Å². The Balaban J connectivity index is 2.27. The monoisotopic (exact) mass is 308 g/mol. The zero-order chi connectivity index (χ0) is 15.6. The highest BCUT2D eigenvalue weighted by molar-refractivity contribution is 6.32. The SMILES string of the molecule is Cn1nc(C(=O)Nc2ccc(Cl)c([N+](=O)[O-])c2)ccc1=O. The van der Waals surface area contributed by atoms with E-state index >= 15 is 0 Å². The lowest BCUT2D eigenvalue weighted by Crippen LogP contribution is -2.23. The molecule has 0 saturated heterocycles. The molecule has 1 aromatic heterocycles. The van der Waals surface area contributed by atoms with Crippen LogP contribution < -0.4 is 10.9 Å². The van der Waals surface area contributed by atoms with Crippen LogP contribution in [0.5, 0.6) is 0 Å². The number of hydrogen-bond acceptors (Lipinski definition) is 5. The van der Waals surface area contributed by atoms with Crippen LogP contribution in [0.15, 0.2) is 35.1 Å². The standard InChI is InChI=1S/C12H9ClN4O4/c1-16-11(18)5-4-9(15-16)12(19)14-7-2-3-8(13)10(6-7)17(20)21/h2-6H,1H3,(H,14,19). The number of nitrogens with one attached hydrogen (secondary N) is 1. The fraction of sp³-hybridized carbons (Fsp3) is 0.0833. The van der Waals surface area contributed by atoms with Gasteiger partial charge >= 0.3 is 0 Å². The van der Waals surface area contributed by atoms with Crippen molar-refractivity contribution in [3.63, 3.8) is 0 Å². The summed E-state index contributed by atoms with van der Waals surface area (Å²) in [6, 6.07) is 6.34. The number of carbonyl (C=O) groups is 1. The van der Waals surface area contributed by atoms with E-state index in [1.54, 1.807) is 0 Å². The van der Waals surface area contributed by atoms with E-state index < -0.39 is 10.8 Å². The van der Waals surface area contributed by atoms with Crippen molar-refractivity contribution in [2.24, 2.45) is 7.05 Å². The van der Waals surface area contributed by atoms with E-state index in [2.05, 4.69) is 10.4 Å². The zero-order valence-electron chi connectivity index (χ0n) is 10.7. The summed E-state index contributed by atoms with van der Waals surface area (Å²) in [5.74, 6) is -0.595. The van der Waals surface area contributed by atoms with Crippen molar-refractivity contribution >= 4 is 28.9 Å². The first kappa shape index (κ1) is 14.7. The molecule has 9 heteroatoms. The van der Waals surface area contributed by atoms with Crippen LogP contribution in [0.3, 0.4) is 0 Å². The van der Waals surface area contributed by atoms with Crippen LogP contribution in [0.2, 0.25) is 5.02 Å². The molecular formula is C12H9ClN4O4. The van der Waals surface area contributed by atoms with Crippen molar-refractivity contribution in [2.75, 3.05) is 5.32 Å². The first-order chi connectivity index (χ1) is 9.88. The second kappa shape index (κ2) is 5.71. The molecule has 108 valence electrons. The van der Waals surface area contributed by atoms with Gasteiger partial charge in [-0.2, -0.15) is 5.10 Å². The van der Waals surface area contributed by atoms with E-state index in [4.69, 9.17) is 11.6 Å². The van der Waals surface area contributed by atoms with Crippen molar-refractivity contribution in [3.05, 3.63) is 61.5 Å². The number of aryl methyl sites for hydroxylation is 1. The van der Waals surface area contributed by atoms with E-state index in [-0.39, 0.29) is 27.7 Å². The van der Waals surface area contributed by atoms with Crippen LogP contribution in [0, 0.1) is 10.1 Å². The number of carbonyl (C=O) groups excluding carboxylic acids is 1. The van der Waals surface area contributed by atoms with Gasteiger partial charge in [0.25, 0.3) is 17.2 Å². The van der Waals surface area contributed by atoms with Gasteiger partial charge in [-0.3, -0.25) is 19.7 Å². The number of rotatable bonds is 3. The summed E-state index contributed by atoms with van der Waals surface area (Å²) < 4.78 is 1.01. The molecule has 1 heterocycles. The molecule has 1 N–H and O–H groups in total. The molecule has 1 aromatic carbocycles. The summed E-state index contributed by atoms with van der Waals surface area (Å²) in [5, 5.41) is 17.0. The number of aromatic nitrogens is 2. The number of nitrogens with zero attached hydrogens (tertiary/aromatic N) is 3. The predicted octanol–water partition coefficient (Wildman–Crippen LogP) is 1.59. The highest BCUT2D eigenvalue weighted by Gasteiger charge is 2.15. The normalized spacial score (nSPS) is 10.2. The molecule has 21 heavy (non-hydrogen) atoms. The van der Waals surface area contributed by atoms with E-state index in [0.29, 0.717) is 0 Å². The first-order valence-corrected chi connectivity index (χ1v) is 6.06. The molecule has 2 rings (SSSR count). The quantitative estimate of drug-likeness (QED) is 0.684. The maximum atomic E-state index is 12.0.